The van der Waals surface area contributed by atoms with Crippen LogP contribution < -0.4 is 9.58 Å². The molecule has 2 rings (SSSR count). The SMILES string of the molecule is [C-]#[N+]c1c([N+]#[C-])n(C)[n+](C)c1N=Nc1sc(N(C)C)nc1C. The second-order valence-corrected chi connectivity index (χ2v) is 5.70. The minimum Gasteiger partial charge on any atom is -0.371 e. The van der Waals surface area contributed by atoms with Crippen LogP contribution in [0.4, 0.5) is 27.5 Å². The Morgan fingerprint density at radius 1 is 1.27 bits per heavy atom. The van der Waals surface area contributed by atoms with Crippen LogP contribution in [0.5, 0.6) is 0 Å². The van der Waals surface area contributed by atoms with Crippen LogP contribution >= 0.6 is 11.3 Å². The molecular weight excluding hydrogens is 300 g/mol. The van der Waals surface area contributed by atoms with Gasteiger partial charge in [-0.1, -0.05) is 17.9 Å². The zero-order valence-electron chi connectivity index (χ0n) is 13.0. The molecule has 0 bridgehead atoms. The lowest BCUT2D eigenvalue weighted by Crippen LogP contribution is -2.36. The summed E-state index contributed by atoms with van der Waals surface area (Å²) in [6, 6.07) is 0. The largest absolute Gasteiger partial charge is 0.383 e. The van der Waals surface area contributed by atoms with Crippen LogP contribution in [0.15, 0.2) is 10.2 Å². The zero-order valence-corrected chi connectivity index (χ0v) is 13.8. The molecule has 2 heterocycles. The molecule has 0 aromatic carbocycles. The smallest absolute Gasteiger partial charge is 0.371 e. The van der Waals surface area contributed by atoms with E-state index in [1.165, 1.54) is 11.3 Å². The van der Waals surface area contributed by atoms with Crippen molar-refractivity contribution in [2.75, 3.05) is 19.0 Å². The first-order valence-electron chi connectivity index (χ1n) is 6.31. The number of azo groups is 1. The number of rotatable bonds is 3. The highest BCUT2D eigenvalue weighted by Crippen LogP contribution is 2.38. The average molecular weight is 315 g/mol. The maximum absolute atomic E-state index is 7.26. The summed E-state index contributed by atoms with van der Waals surface area (Å²) in [6.45, 7) is 16.3. The summed E-state index contributed by atoms with van der Waals surface area (Å²) in [4.78, 5) is 13.1. The lowest BCUT2D eigenvalue weighted by atomic mass is 10.5. The van der Waals surface area contributed by atoms with Crippen molar-refractivity contribution in [1.82, 2.24) is 9.67 Å². The summed E-state index contributed by atoms with van der Waals surface area (Å²) in [6.07, 6.45) is 0. The summed E-state index contributed by atoms with van der Waals surface area (Å²) in [7, 11) is 7.27. The maximum atomic E-state index is 7.26. The fourth-order valence-corrected chi connectivity index (χ4v) is 2.59. The summed E-state index contributed by atoms with van der Waals surface area (Å²) in [5.74, 6) is 0.615. The van der Waals surface area contributed by atoms with E-state index in [1.54, 1.807) is 23.5 Å². The molecule has 0 saturated carbocycles. The number of hydrogen-bond donors (Lipinski definition) is 0. The molecule has 0 unspecified atom stereocenters. The van der Waals surface area contributed by atoms with Crippen molar-refractivity contribution >= 4 is 38.8 Å². The predicted molar refractivity (Wildman–Crippen MR) is 84.5 cm³/mol. The Labute approximate surface area is 132 Å². The van der Waals surface area contributed by atoms with Gasteiger partial charge < -0.3 is 9.74 Å². The Morgan fingerprint density at radius 3 is 2.45 bits per heavy atom. The molecule has 0 atom stereocenters. The number of thiazole rings is 1. The fraction of sp³-hybridized carbons (Fsp3) is 0.385. The molecule has 0 spiro atoms. The minimum absolute atomic E-state index is 0.207. The van der Waals surface area contributed by atoms with E-state index in [9.17, 15) is 0 Å². The number of nitrogens with zero attached hydrogens (tertiary/aromatic N) is 8. The lowest BCUT2D eigenvalue weighted by Gasteiger charge is -2.04. The quantitative estimate of drug-likeness (QED) is 0.496. The summed E-state index contributed by atoms with van der Waals surface area (Å²) in [5.41, 5.74) is 0.990. The average Bonchev–Trinajstić information content (AvgIpc) is 2.96. The highest BCUT2D eigenvalue weighted by molar-refractivity contribution is 7.19. The number of anilines is 1. The van der Waals surface area contributed by atoms with Crippen LogP contribution in [-0.4, -0.2) is 23.8 Å². The van der Waals surface area contributed by atoms with Gasteiger partial charge in [0.2, 0.25) is 0 Å². The normalized spacial score (nSPS) is 10.7. The van der Waals surface area contributed by atoms with Crippen LogP contribution in [0, 0.1) is 20.1 Å². The molecule has 112 valence electrons. The summed E-state index contributed by atoms with van der Waals surface area (Å²) >= 11 is 1.42. The molecule has 9 heteroatoms. The first-order valence-corrected chi connectivity index (χ1v) is 7.12. The Hall–Kier alpha value is -2.78. The molecular formula is C13H15N8S+. The molecule has 0 aliphatic carbocycles. The van der Waals surface area contributed by atoms with E-state index in [2.05, 4.69) is 24.9 Å². The molecule has 0 radical (unpaired) electrons. The van der Waals surface area contributed by atoms with Gasteiger partial charge in [-0.15, -0.1) is 4.68 Å². The van der Waals surface area contributed by atoms with Crippen LogP contribution in [0.25, 0.3) is 9.69 Å². The third-order valence-electron chi connectivity index (χ3n) is 3.08. The molecule has 0 N–H and O–H groups in total. The number of aromatic nitrogens is 3. The topological polar surface area (TPSA) is 58.4 Å². The van der Waals surface area contributed by atoms with Crippen LogP contribution in [0.3, 0.4) is 0 Å². The van der Waals surface area contributed by atoms with Crippen molar-refractivity contribution in [3.63, 3.8) is 0 Å². The fourth-order valence-electron chi connectivity index (χ4n) is 1.78. The Kier molecular flexibility index (Phi) is 4.20. The highest BCUT2D eigenvalue weighted by Gasteiger charge is 2.28. The van der Waals surface area contributed by atoms with E-state index in [0.29, 0.717) is 10.8 Å². The Bertz CT molecular complexity index is 828. The van der Waals surface area contributed by atoms with Crippen molar-refractivity contribution < 1.29 is 4.68 Å². The second kappa shape index (κ2) is 5.92. The van der Waals surface area contributed by atoms with Crippen LogP contribution in [-0.2, 0) is 14.1 Å². The zero-order chi connectivity index (χ0) is 16.4. The summed E-state index contributed by atoms with van der Waals surface area (Å²) < 4.78 is 3.22. The molecule has 22 heavy (non-hydrogen) atoms. The van der Waals surface area contributed by atoms with E-state index in [1.807, 2.05) is 25.9 Å². The predicted octanol–water partition coefficient (Wildman–Crippen LogP) is 3.20. The lowest BCUT2D eigenvalue weighted by molar-refractivity contribution is -0.738. The van der Waals surface area contributed by atoms with Gasteiger partial charge in [-0.25, -0.2) is 9.83 Å². The van der Waals surface area contributed by atoms with E-state index in [-0.39, 0.29) is 11.5 Å². The van der Waals surface area contributed by atoms with Gasteiger partial charge in [0, 0.05) is 14.1 Å². The molecule has 0 saturated heterocycles. The van der Waals surface area contributed by atoms with E-state index in [0.717, 1.165) is 10.8 Å². The van der Waals surface area contributed by atoms with Gasteiger partial charge >= 0.3 is 11.5 Å². The van der Waals surface area contributed by atoms with Crippen LogP contribution in [0.2, 0.25) is 0 Å². The Balaban J connectivity index is 2.48. The van der Waals surface area contributed by atoms with Gasteiger partial charge in [0.05, 0.1) is 17.4 Å². The second-order valence-electron chi connectivity index (χ2n) is 4.75. The minimum atomic E-state index is 0.207. The summed E-state index contributed by atoms with van der Waals surface area (Å²) in [5, 5.41) is 9.91. The van der Waals surface area contributed by atoms with Crippen molar-refractivity contribution in [2.24, 2.45) is 24.3 Å². The standard InChI is InChI=1S/C13H15N8S/c1-8-12(22-13(16-8)19(4)5)18-17-11-9(14-2)10(15-3)20(6)21(11)7/h1,4-7H3/q+1. The van der Waals surface area contributed by atoms with Gasteiger partial charge in [-0.3, -0.25) is 0 Å². The van der Waals surface area contributed by atoms with Gasteiger partial charge in [-0.2, -0.15) is 4.68 Å². The third-order valence-corrected chi connectivity index (χ3v) is 4.29. The maximum Gasteiger partial charge on any atom is 0.383 e. The van der Waals surface area contributed by atoms with Gasteiger partial charge in [-0.05, 0) is 12.0 Å². The number of aryl methyl sites for hydroxylation is 1. The molecule has 2 aromatic rings. The highest BCUT2D eigenvalue weighted by atomic mass is 32.1. The van der Waals surface area contributed by atoms with Crippen molar-refractivity contribution in [2.45, 2.75) is 6.92 Å². The molecule has 8 nitrogen and oxygen atoms in total. The third kappa shape index (κ3) is 2.54. The first-order chi connectivity index (χ1) is 10.4. The Morgan fingerprint density at radius 2 is 1.95 bits per heavy atom. The van der Waals surface area contributed by atoms with Crippen LogP contribution in [0.1, 0.15) is 5.69 Å². The number of hydrogen-bond acceptors (Lipinski definition) is 5. The van der Waals surface area contributed by atoms with E-state index >= 15 is 0 Å². The van der Waals surface area contributed by atoms with Crippen molar-refractivity contribution in [1.29, 1.82) is 0 Å². The van der Waals surface area contributed by atoms with Gasteiger partial charge in [0.15, 0.2) is 10.1 Å². The molecule has 0 aliphatic rings. The first kappa shape index (κ1) is 15.6. The van der Waals surface area contributed by atoms with E-state index < -0.39 is 0 Å². The van der Waals surface area contributed by atoms with Gasteiger partial charge in [0.1, 0.15) is 14.1 Å². The van der Waals surface area contributed by atoms with Crippen molar-refractivity contribution in [3.8, 4) is 0 Å². The molecule has 0 amide bonds. The molecule has 0 fully saturated rings. The van der Waals surface area contributed by atoms with Gasteiger partial charge in [0.25, 0.3) is 5.82 Å². The van der Waals surface area contributed by atoms with E-state index in [4.69, 9.17) is 13.1 Å². The monoisotopic (exact) mass is 315 g/mol. The molecule has 0 aliphatic heterocycles. The van der Waals surface area contributed by atoms with Crippen molar-refractivity contribution in [3.05, 3.63) is 28.5 Å². The molecule has 2 aromatic heterocycles.